The highest BCUT2D eigenvalue weighted by Crippen LogP contribution is 2.20. The van der Waals surface area contributed by atoms with E-state index in [1.165, 1.54) is 16.5 Å². The topological polar surface area (TPSA) is 4.93 Å². The van der Waals surface area contributed by atoms with E-state index in [4.69, 9.17) is 0 Å². The van der Waals surface area contributed by atoms with Gasteiger partial charge in [0, 0.05) is 6.20 Å². The van der Waals surface area contributed by atoms with Crippen LogP contribution in [-0.4, -0.2) is 4.57 Å². The van der Waals surface area contributed by atoms with E-state index in [9.17, 15) is 0 Å². The van der Waals surface area contributed by atoms with Crippen molar-refractivity contribution in [3.05, 3.63) is 36.0 Å². The fourth-order valence-corrected chi connectivity index (χ4v) is 1.92. The summed E-state index contributed by atoms with van der Waals surface area (Å²) >= 11 is 0. The molecule has 0 unspecified atom stereocenters. The van der Waals surface area contributed by atoms with E-state index in [0.717, 1.165) is 13.0 Å². The van der Waals surface area contributed by atoms with Gasteiger partial charge in [0.2, 0.25) is 0 Å². The van der Waals surface area contributed by atoms with Crippen molar-refractivity contribution in [1.82, 2.24) is 4.57 Å². The molecule has 0 amide bonds. The standard InChI is InChI=1S/C14H15N/c1-3-5-10-15-11-9-13-8-6-7-12(4-2)14(13)15/h6-9,11H,4,10H2,1-2H3. The molecule has 0 aliphatic carbocycles. The zero-order chi connectivity index (χ0) is 10.7. The van der Waals surface area contributed by atoms with Gasteiger partial charge in [-0.1, -0.05) is 31.0 Å². The number of fused-ring (bicyclic) bond motifs is 1. The summed E-state index contributed by atoms with van der Waals surface area (Å²) in [6.07, 6.45) is 3.19. The highest BCUT2D eigenvalue weighted by molar-refractivity contribution is 5.83. The minimum absolute atomic E-state index is 0.789. The number of para-hydroxylation sites is 1. The van der Waals surface area contributed by atoms with Gasteiger partial charge in [0.15, 0.2) is 0 Å². The summed E-state index contributed by atoms with van der Waals surface area (Å²) in [6.45, 7) is 4.86. The smallest absolute Gasteiger partial charge is 0.0837 e. The van der Waals surface area contributed by atoms with Crippen molar-refractivity contribution in [3.63, 3.8) is 0 Å². The van der Waals surface area contributed by atoms with E-state index < -0.39 is 0 Å². The molecule has 76 valence electrons. The first-order chi connectivity index (χ1) is 7.36. The summed E-state index contributed by atoms with van der Waals surface area (Å²) in [5, 5.41) is 1.31. The van der Waals surface area contributed by atoms with Crippen LogP contribution in [0.15, 0.2) is 30.5 Å². The first-order valence-corrected chi connectivity index (χ1v) is 5.33. The van der Waals surface area contributed by atoms with E-state index in [1.807, 2.05) is 6.92 Å². The quantitative estimate of drug-likeness (QED) is 0.651. The summed E-state index contributed by atoms with van der Waals surface area (Å²) in [5.41, 5.74) is 2.73. The van der Waals surface area contributed by atoms with E-state index in [-0.39, 0.29) is 0 Å². The first kappa shape index (κ1) is 9.86. The van der Waals surface area contributed by atoms with E-state index in [1.54, 1.807) is 0 Å². The number of hydrogen-bond donors (Lipinski definition) is 0. The van der Waals surface area contributed by atoms with Crippen molar-refractivity contribution >= 4 is 10.9 Å². The molecule has 0 aliphatic rings. The SMILES string of the molecule is CC#CCn1ccc2cccc(CC)c21. The van der Waals surface area contributed by atoms with Crippen LogP contribution in [0, 0.1) is 11.8 Å². The van der Waals surface area contributed by atoms with Gasteiger partial charge in [0.1, 0.15) is 0 Å². The molecule has 1 nitrogen and oxygen atoms in total. The van der Waals surface area contributed by atoms with Crippen LogP contribution in [0.4, 0.5) is 0 Å². The number of hydrogen-bond acceptors (Lipinski definition) is 0. The Balaban J connectivity index is 2.58. The molecule has 0 saturated carbocycles. The van der Waals surface area contributed by atoms with Crippen LogP contribution in [0.3, 0.4) is 0 Å². The van der Waals surface area contributed by atoms with Crippen molar-refractivity contribution in [2.45, 2.75) is 26.8 Å². The number of aryl methyl sites for hydroxylation is 1. The molecule has 0 bridgehead atoms. The van der Waals surface area contributed by atoms with Gasteiger partial charge in [-0.15, -0.1) is 5.92 Å². The molecule has 0 fully saturated rings. The van der Waals surface area contributed by atoms with E-state index >= 15 is 0 Å². The average Bonchev–Trinajstić information content (AvgIpc) is 2.69. The predicted molar refractivity (Wildman–Crippen MR) is 64.8 cm³/mol. The molecule has 2 aromatic rings. The Morgan fingerprint density at radius 1 is 1.27 bits per heavy atom. The van der Waals surface area contributed by atoms with E-state index in [0.29, 0.717) is 0 Å². The lowest BCUT2D eigenvalue weighted by atomic mass is 10.1. The summed E-state index contributed by atoms with van der Waals surface area (Å²) in [7, 11) is 0. The maximum Gasteiger partial charge on any atom is 0.0837 e. The lowest BCUT2D eigenvalue weighted by Crippen LogP contribution is -1.96. The molecule has 0 saturated heterocycles. The fourth-order valence-electron chi connectivity index (χ4n) is 1.92. The molecule has 1 heteroatoms. The van der Waals surface area contributed by atoms with Crippen LogP contribution < -0.4 is 0 Å². The van der Waals surface area contributed by atoms with Gasteiger partial charge in [-0.2, -0.15) is 0 Å². The summed E-state index contributed by atoms with van der Waals surface area (Å²) in [6, 6.07) is 8.63. The summed E-state index contributed by atoms with van der Waals surface area (Å²) in [5.74, 6) is 6.04. The predicted octanol–water partition coefficient (Wildman–Crippen LogP) is 3.23. The van der Waals surface area contributed by atoms with Crippen LogP contribution in [0.5, 0.6) is 0 Å². The van der Waals surface area contributed by atoms with Gasteiger partial charge < -0.3 is 4.57 Å². The van der Waals surface area contributed by atoms with Gasteiger partial charge in [-0.3, -0.25) is 0 Å². The molecule has 0 atom stereocenters. The third-order valence-electron chi connectivity index (χ3n) is 2.68. The molecule has 15 heavy (non-hydrogen) atoms. The van der Waals surface area contributed by atoms with Crippen molar-refractivity contribution in [2.24, 2.45) is 0 Å². The molecule has 0 N–H and O–H groups in total. The van der Waals surface area contributed by atoms with Gasteiger partial charge in [-0.25, -0.2) is 0 Å². The maximum absolute atomic E-state index is 3.11. The second kappa shape index (κ2) is 4.23. The molecule has 0 aliphatic heterocycles. The van der Waals surface area contributed by atoms with E-state index in [2.05, 4.69) is 53.8 Å². The number of aromatic nitrogens is 1. The summed E-state index contributed by atoms with van der Waals surface area (Å²) < 4.78 is 2.23. The van der Waals surface area contributed by atoms with Crippen LogP contribution >= 0.6 is 0 Å². The van der Waals surface area contributed by atoms with Crippen molar-refractivity contribution in [3.8, 4) is 11.8 Å². The highest BCUT2D eigenvalue weighted by Gasteiger charge is 2.03. The number of nitrogens with zero attached hydrogens (tertiary/aromatic N) is 1. The van der Waals surface area contributed by atoms with Crippen molar-refractivity contribution in [2.75, 3.05) is 0 Å². The monoisotopic (exact) mass is 197 g/mol. The fraction of sp³-hybridized carbons (Fsp3) is 0.286. The van der Waals surface area contributed by atoms with Gasteiger partial charge in [0.25, 0.3) is 0 Å². The van der Waals surface area contributed by atoms with Crippen LogP contribution in [0.1, 0.15) is 19.4 Å². The van der Waals surface area contributed by atoms with Gasteiger partial charge in [0.05, 0.1) is 12.1 Å². The minimum Gasteiger partial charge on any atom is -0.336 e. The molecular formula is C14H15N. The molecule has 0 spiro atoms. The van der Waals surface area contributed by atoms with Gasteiger partial charge >= 0.3 is 0 Å². The summed E-state index contributed by atoms with van der Waals surface area (Å²) in [4.78, 5) is 0. The Labute approximate surface area is 90.7 Å². The third kappa shape index (κ3) is 1.76. The Hall–Kier alpha value is -1.68. The Kier molecular flexibility index (Phi) is 2.78. The third-order valence-corrected chi connectivity index (χ3v) is 2.68. The van der Waals surface area contributed by atoms with Crippen LogP contribution in [-0.2, 0) is 13.0 Å². The second-order valence-corrected chi connectivity index (χ2v) is 3.58. The lowest BCUT2D eigenvalue weighted by molar-refractivity contribution is 0.877. The van der Waals surface area contributed by atoms with Gasteiger partial charge in [-0.05, 0) is 30.4 Å². The number of benzene rings is 1. The Bertz CT molecular complexity index is 523. The zero-order valence-corrected chi connectivity index (χ0v) is 9.25. The minimum atomic E-state index is 0.789. The second-order valence-electron chi connectivity index (χ2n) is 3.58. The zero-order valence-electron chi connectivity index (χ0n) is 9.25. The molecular weight excluding hydrogens is 182 g/mol. The van der Waals surface area contributed by atoms with Crippen LogP contribution in [0.2, 0.25) is 0 Å². The Morgan fingerprint density at radius 2 is 2.13 bits per heavy atom. The normalized spacial score (nSPS) is 10.0. The first-order valence-electron chi connectivity index (χ1n) is 5.33. The molecule has 1 aromatic heterocycles. The molecule has 0 radical (unpaired) electrons. The molecule has 1 aromatic carbocycles. The maximum atomic E-state index is 3.11. The highest BCUT2D eigenvalue weighted by atomic mass is 14.9. The van der Waals surface area contributed by atoms with Crippen molar-refractivity contribution in [1.29, 1.82) is 0 Å². The average molecular weight is 197 g/mol. The van der Waals surface area contributed by atoms with Crippen LogP contribution in [0.25, 0.3) is 10.9 Å². The molecule has 2 rings (SSSR count). The van der Waals surface area contributed by atoms with Crippen molar-refractivity contribution < 1.29 is 0 Å². The molecule has 1 heterocycles. The largest absolute Gasteiger partial charge is 0.336 e. The number of rotatable bonds is 2. The lowest BCUT2D eigenvalue weighted by Gasteiger charge is -2.05. The Morgan fingerprint density at radius 3 is 2.87 bits per heavy atom.